The molecule has 0 unspecified atom stereocenters. The predicted molar refractivity (Wildman–Crippen MR) is 31.6 cm³/mol. The van der Waals surface area contributed by atoms with E-state index in [9.17, 15) is 4.79 Å². The molecular weight excluding hydrogens is 104 g/mol. The number of hydrogen-bond acceptors (Lipinski definition) is 1. The topological polar surface area (TPSA) is 37.3 Å². The first-order valence-corrected chi connectivity index (χ1v) is 2.21. The first-order valence-electron chi connectivity index (χ1n) is 2.21. The van der Waals surface area contributed by atoms with Gasteiger partial charge in [-0.1, -0.05) is 18.7 Å². The fraction of sp³-hybridized carbons (Fsp3) is 0.167. The molecule has 0 amide bonds. The van der Waals surface area contributed by atoms with Crippen molar-refractivity contribution in [3.05, 3.63) is 24.3 Å². The Morgan fingerprint density at radius 3 is 2.38 bits per heavy atom. The Morgan fingerprint density at radius 1 is 1.75 bits per heavy atom. The number of aliphatic carboxylic acids is 1. The Balaban J connectivity index is 3.99. The van der Waals surface area contributed by atoms with Gasteiger partial charge in [0.05, 0.1) is 0 Å². The lowest BCUT2D eigenvalue weighted by Gasteiger charge is -1.84. The fourth-order valence-corrected chi connectivity index (χ4v) is 0.248. The van der Waals surface area contributed by atoms with E-state index in [0.29, 0.717) is 5.57 Å². The van der Waals surface area contributed by atoms with E-state index in [1.54, 1.807) is 0 Å². The van der Waals surface area contributed by atoms with Gasteiger partial charge in [0, 0.05) is 5.57 Å². The van der Waals surface area contributed by atoms with Crippen molar-refractivity contribution in [2.24, 2.45) is 0 Å². The lowest BCUT2D eigenvalue weighted by Crippen LogP contribution is -1.94. The molecule has 0 heterocycles. The van der Waals surface area contributed by atoms with Gasteiger partial charge in [0.25, 0.3) is 0 Å². The van der Waals surface area contributed by atoms with Gasteiger partial charge in [-0.3, -0.25) is 0 Å². The Kier molecular flexibility index (Phi) is 2.62. The van der Waals surface area contributed by atoms with Crippen LogP contribution in [0.2, 0.25) is 0 Å². The van der Waals surface area contributed by atoms with Gasteiger partial charge in [-0.05, 0) is 6.92 Å². The van der Waals surface area contributed by atoms with Crippen LogP contribution in [0, 0.1) is 0 Å². The molecule has 0 spiro atoms. The minimum atomic E-state index is -0.898. The molecule has 0 saturated carbocycles. The summed E-state index contributed by atoms with van der Waals surface area (Å²) in [6.07, 6.45) is 2.89. The maximum atomic E-state index is 9.97. The zero-order valence-electron chi connectivity index (χ0n) is 4.72. The van der Waals surface area contributed by atoms with Crippen molar-refractivity contribution >= 4 is 5.97 Å². The van der Waals surface area contributed by atoms with Crippen molar-refractivity contribution in [3.8, 4) is 0 Å². The monoisotopic (exact) mass is 112 g/mol. The molecule has 0 aromatic rings. The molecule has 0 saturated heterocycles. The summed E-state index contributed by atoms with van der Waals surface area (Å²) >= 11 is 0. The van der Waals surface area contributed by atoms with E-state index in [1.807, 2.05) is 0 Å². The van der Waals surface area contributed by atoms with E-state index in [4.69, 9.17) is 5.11 Å². The number of allylic oxidation sites excluding steroid dienone is 2. The number of rotatable bonds is 2. The van der Waals surface area contributed by atoms with Gasteiger partial charge < -0.3 is 5.11 Å². The highest BCUT2D eigenvalue weighted by Crippen LogP contribution is 1.89. The lowest BCUT2D eigenvalue weighted by molar-refractivity contribution is -0.132. The quantitative estimate of drug-likeness (QED) is 0.430. The van der Waals surface area contributed by atoms with Crippen molar-refractivity contribution < 1.29 is 9.90 Å². The minimum absolute atomic E-state index is 0.306. The molecule has 0 radical (unpaired) electrons. The summed E-state index contributed by atoms with van der Waals surface area (Å²) in [5, 5.41) is 8.20. The molecule has 0 rings (SSSR count). The third kappa shape index (κ3) is 2.18. The Morgan fingerprint density at radius 2 is 2.25 bits per heavy atom. The van der Waals surface area contributed by atoms with Gasteiger partial charge in [0.2, 0.25) is 0 Å². The van der Waals surface area contributed by atoms with Gasteiger partial charge in [-0.25, -0.2) is 4.79 Å². The second-order valence-corrected chi connectivity index (χ2v) is 1.39. The molecule has 0 atom stereocenters. The van der Waals surface area contributed by atoms with E-state index in [2.05, 4.69) is 6.58 Å². The SMILES string of the molecule is C=CC=C(C)C(=O)O. The zero-order chi connectivity index (χ0) is 6.57. The molecule has 2 heteroatoms. The molecular formula is C6H8O2. The molecule has 0 bridgehead atoms. The summed E-state index contributed by atoms with van der Waals surface area (Å²) in [4.78, 5) is 9.97. The van der Waals surface area contributed by atoms with Crippen molar-refractivity contribution in [2.75, 3.05) is 0 Å². The van der Waals surface area contributed by atoms with Crippen LogP contribution in [0.5, 0.6) is 0 Å². The third-order valence-corrected chi connectivity index (χ3v) is 0.705. The summed E-state index contributed by atoms with van der Waals surface area (Å²) in [6, 6.07) is 0. The summed E-state index contributed by atoms with van der Waals surface area (Å²) in [5.41, 5.74) is 0.306. The Bertz CT molecular complexity index is 133. The first kappa shape index (κ1) is 6.95. The van der Waals surface area contributed by atoms with E-state index in [0.717, 1.165) is 0 Å². The summed E-state index contributed by atoms with van der Waals surface area (Å²) in [6.45, 7) is 4.86. The predicted octanol–water partition coefficient (Wildman–Crippen LogP) is 1.20. The summed E-state index contributed by atoms with van der Waals surface area (Å²) in [7, 11) is 0. The van der Waals surface area contributed by atoms with Crippen LogP contribution in [-0.4, -0.2) is 11.1 Å². The molecule has 0 aliphatic heterocycles. The molecule has 0 fully saturated rings. The average Bonchev–Trinajstić information content (AvgIpc) is 1.67. The fourth-order valence-electron chi connectivity index (χ4n) is 0.248. The molecule has 0 aliphatic rings. The molecule has 8 heavy (non-hydrogen) atoms. The zero-order valence-corrected chi connectivity index (χ0v) is 4.72. The first-order chi connectivity index (χ1) is 3.68. The highest BCUT2D eigenvalue weighted by Gasteiger charge is 1.94. The van der Waals surface area contributed by atoms with E-state index >= 15 is 0 Å². The van der Waals surface area contributed by atoms with Crippen LogP contribution in [0.15, 0.2) is 24.3 Å². The molecule has 1 N–H and O–H groups in total. The molecule has 2 nitrogen and oxygen atoms in total. The number of carbonyl (C=O) groups is 1. The smallest absolute Gasteiger partial charge is 0.331 e. The standard InChI is InChI=1S/C6H8O2/c1-3-4-5(2)6(7)8/h3-4H,1H2,2H3,(H,7,8). The van der Waals surface area contributed by atoms with E-state index < -0.39 is 5.97 Å². The molecule has 0 aromatic heterocycles. The lowest BCUT2D eigenvalue weighted by atomic mass is 10.3. The Hall–Kier alpha value is -1.05. The van der Waals surface area contributed by atoms with Gasteiger partial charge in [-0.2, -0.15) is 0 Å². The van der Waals surface area contributed by atoms with Gasteiger partial charge in [0.1, 0.15) is 0 Å². The largest absolute Gasteiger partial charge is 0.478 e. The summed E-state index contributed by atoms with van der Waals surface area (Å²) < 4.78 is 0. The van der Waals surface area contributed by atoms with Crippen LogP contribution in [-0.2, 0) is 4.79 Å². The summed E-state index contributed by atoms with van der Waals surface area (Å²) in [5.74, 6) is -0.898. The second-order valence-electron chi connectivity index (χ2n) is 1.39. The highest BCUT2D eigenvalue weighted by molar-refractivity contribution is 5.86. The van der Waals surface area contributed by atoms with Crippen LogP contribution < -0.4 is 0 Å². The minimum Gasteiger partial charge on any atom is -0.478 e. The number of carboxylic acids is 1. The maximum Gasteiger partial charge on any atom is 0.331 e. The van der Waals surface area contributed by atoms with Crippen molar-refractivity contribution in [1.29, 1.82) is 0 Å². The normalized spacial score (nSPS) is 10.9. The number of carboxylic acid groups (broad SMARTS) is 1. The maximum absolute atomic E-state index is 9.97. The Labute approximate surface area is 48.1 Å². The van der Waals surface area contributed by atoms with Crippen molar-refractivity contribution in [3.63, 3.8) is 0 Å². The highest BCUT2D eigenvalue weighted by atomic mass is 16.4. The number of hydrogen-bond donors (Lipinski definition) is 1. The van der Waals surface area contributed by atoms with Gasteiger partial charge in [0.15, 0.2) is 0 Å². The van der Waals surface area contributed by atoms with Crippen LogP contribution in [0.25, 0.3) is 0 Å². The van der Waals surface area contributed by atoms with Gasteiger partial charge >= 0.3 is 5.97 Å². The van der Waals surface area contributed by atoms with Crippen LogP contribution in [0.3, 0.4) is 0 Å². The molecule has 44 valence electrons. The van der Waals surface area contributed by atoms with Crippen LogP contribution in [0.4, 0.5) is 0 Å². The van der Waals surface area contributed by atoms with E-state index in [1.165, 1.54) is 19.1 Å². The molecule has 0 aliphatic carbocycles. The molecule has 0 aromatic carbocycles. The van der Waals surface area contributed by atoms with Crippen molar-refractivity contribution in [2.45, 2.75) is 6.92 Å². The second kappa shape index (κ2) is 3.02. The van der Waals surface area contributed by atoms with Crippen molar-refractivity contribution in [1.82, 2.24) is 0 Å². The third-order valence-electron chi connectivity index (χ3n) is 0.705. The average molecular weight is 112 g/mol. The van der Waals surface area contributed by atoms with E-state index in [-0.39, 0.29) is 0 Å². The van der Waals surface area contributed by atoms with Gasteiger partial charge in [-0.15, -0.1) is 0 Å². The van der Waals surface area contributed by atoms with Crippen LogP contribution in [0.1, 0.15) is 6.92 Å². The van der Waals surface area contributed by atoms with Crippen LogP contribution >= 0.6 is 0 Å².